The number of urea groups is 1. The molecule has 0 radical (unpaired) electrons. The summed E-state index contributed by atoms with van der Waals surface area (Å²) in [7, 11) is 4.03. The number of benzene rings is 1. The van der Waals surface area contributed by atoms with E-state index in [0.29, 0.717) is 5.92 Å². The molecule has 124 valence electrons. The zero-order chi connectivity index (χ0) is 16.5. The lowest BCUT2D eigenvalue weighted by Gasteiger charge is -2.24. The van der Waals surface area contributed by atoms with Crippen LogP contribution in [0, 0.1) is 5.92 Å². The van der Waals surface area contributed by atoms with Crippen molar-refractivity contribution in [3.63, 3.8) is 0 Å². The van der Waals surface area contributed by atoms with Crippen molar-refractivity contribution in [2.75, 3.05) is 20.6 Å². The fourth-order valence-electron chi connectivity index (χ4n) is 2.36. The summed E-state index contributed by atoms with van der Waals surface area (Å²) in [5.74, 6) is 0.665. The molecule has 0 heterocycles. The zero-order valence-electron chi connectivity index (χ0n) is 14.6. The Labute approximate surface area is 135 Å². The van der Waals surface area contributed by atoms with Crippen LogP contribution in [0.2, 0.25) is 0 Å². The Morgan fingerprint density at radius 2 is 1.68 bits per heavy atom. The standard InChI is InChI=1S/C18H31N3O/c1-14(2)11-12-15(3)19-18(22)20-17(13-21(4)5)16-9-7-6-8-10-16/h6-10,14-15,17H,11-13H2,1-5H3,(H2,19,20,22). The number of nitrogens with one attached hydrogen (secondary N) is 2. The van der Waals surface area contributed by atoms with E-state index in [2.05, 4.69) is 48.4 Å². The van der Waals surface area contributed by atoms with Crippen molar-refractivity contribution in [1.82, 2.24) is 15.5 Å². The molecule has 2 unspecified atom stereocenters. The summed E-state index contributed by atoms with van der Waals surface area (Å²) in [5.41, 5.74) is 1.13. The first kappa shape index (κ1) is 18.5. The minimum atomic E-state index is -0.0908. The van der Waals surface area contributed by atoms with Gasteiger partial charge in [0.1, 0.15) is 0 Å². The van der Waals surface area contributed by atoms with Crippen molar-refractivity contribution in [2.24, 2.45) is 5.92 Å². The van der Waals surface area contributed by atoms with Gasteiger partial charge in [-0.15, -0.1) is 0 Å². The Hall–Kier alpha value is -1.55. The predicted octanol–water partition coefficient (Wildman–Crippen LogP) is 3.41. The lowest BCUT2D eigenvalue weighted by molar-refractivity contribution is 0.228. The van der Waals surface area contributed by atoms with Gasteiger partial charge in [-0.05, 0) is 45.3 Å². The number of carbonyl (C=O) groups is 1. The summed E-state index contributed by atoms with van der Waals surface area (Å²) in [6.07, 6.45) is 2.13. The molecule has 1 rings (SSSR count). The molecular weight excluding hydrogens is 274 g/mol. The third-order valence-corrected chi connectivity index (χ3v) is 3.61. The molecule has 4 heteroatoms. The van der Waals surface area contributed by atoms with Gasteiger partial charge >= 0.3 is 6.03 Å². The Morgan fingerprint density at radius 1 is 1.05 bits per heavy atom. The molecule has 0 fully saturated rings. The first-order valence-electron chi connectivity index (χ1n) is 8.15. The number of hydrogen-bond acceptors (Lipinski definition) is 2. The number of carbonyl (C=O) groups excluding carboxylic acids is 1. The topological polar surface area (TPSA) is 44.4 Å². The van der Waals surface area contributed by atoms with E-state index in [1.54, 1.807) is 0 Å². The lowest BCUT2D eigenvalue weighted by atomic mass is 10.0. The average molecular weight is 305 g/mol. The molecule has 0 aliphatic carbocycles. The molecule has 2 amide bonds. The van der Waals surface area contributed by atoms with Gasteiger partial charge in [0, 0.05) is 12.6 Å². The minimum absolute atomic E-state index is 0.00602. The van der Waals surface area contributed by atoms with Crippen LogP contribution in [0.4, 0.5) is 4.79 Å². The molecule has 0 bridgehead atoms. The number of nitrogens with zero attached hydrogens (tertiary/aromatic N) is 1. The van der Waals surface area contributed by atoms with E-state index in [1.165, 1.54) is 0 Å². The van der Waals surface area contributed by atoms with Crippen molar-refractivity contribution in [1.29, 1.82) is 0 Å². The van der Waals surface area contributed by atoms with Crippen LogP contribution in [0.15, 0.2) is 30.3 Å². The van der Waals surface area contributed by atoms with E-state index in [1.807, 2.05) is 32.3 Å². The summed E-state index contributed by atoms with van der Waals surface area (Å²) < 4.78 is 0. The lowest BCUT2D eigenvalue weighted by Crippen LogP contribution is -2.44. The Bertz CT molecular complexity index is 431. The Morgan fingerprint density at radius 3 is 2.23 bits per heavy atom. The largest absolute Gasteiger partial charge is 0.336 e. The average Bonchev–Trinajstić information content (AvgIpc) is 2.45. The van der Waals surface area contributed by atoms with Gasteiger partial charge in [-0.1, -0.05) is 44.2 Å². The van der Waals surface area contributed by atoms with E-state index < -0.39 is 0 Å². The first-order valence-corrected chi connectivity index (χ1v) is 8.15. The van der Waals surface area contributed by atoms with Crippen LogP contribution in [0.1, 0.15) is 45.2 Å². The van der Waals surface area contributed by atoms with Crippen LogP contribution in [0.5, 0.6) is 0 Å². The van der Waals surface area contributed by atoms with Crippen LogP contribution in [-0.4, -0.2) is 37.6 Å². The second kappa shape index (κ2) is 9.46. The summed E-state index contributed by atoms with van der Waals surface area (Å²) in [6.45, 7) is 7.24. The molecule has 1 aromatic carbocycles. The van der Waals surface area contributed by atoms with E-state index in [-0.39, 0.29) is 18.1 Å². The minimum Gasteiger partial charge on any atom is -0.336 e. The maximum absolute atomic E-state index is 12.2. The van der Waals surface area contributed by atoms with Crippen LogP contribution >= 0.6 is 0 Å². The Balaban J connectivity index is 2.56. The maximum Gasteiger partial charge on any atom is 0.315 e. The molecular formula is C18H31N3O. The van der Waals surface area contributed by atoms with Crippen LogP contribution in [0.25, 0.3) is 0 Å². The number of likely N-dealkylation sites (N-methyl/N-ethyl adjacent to an activating group) is 1. The quantitative estimate of drug-likeness (QED) is 0.773. The number of amides is 2. The van der Waals surface area contributed by atoms with Crippen LogP contribution in [-0.2, 0) is 0 Å². The fraction of sp³-hybridized carbons (Fsp3) is 0.611. The summed E-state index contributed by atoms with van der Waals surface area (Å²) in [5, 5.41) is 6.13. The second-order valence-corrected chi connectivity index (χ2v) is 6.72. The molecule has 0 saturated carbocycles. The van der Waals surface area contributed by atoms with Crippen molar-refractivity contribution >= 4 is 6.03 Å². The molecule has 1 aromatic rings. The van der Waals surface area contributed by atoms with Gasteiger partial charge in [-0.25, -0.2) is 4.79 Å². The SMILES string of the molecule is CC(C)CCC(C)NC(=O)NC(CN(C)C)c1ccccc1. The van der Waals surface area contributed by atoms with Gasteiger partial charge in [0.15, 0.2) is 0 Å². The highest BCUT2D eigenvalue weighted by Crippen LogP contribution is 2.13. The van der Waals surface area contributed by atoms with E-state index in [4.69, 9.17) is 0 Å². The molecule has 0 spiro atoms. The smallest absolute Gasteiger partial charge is 0.315 e. The van der Waals surface area contributed by atoms with Crippen molar-refractivity contribution in [3.8, 4) is 0 Å². The molecule has 0 aliphatic rings. The van der Waals surface area contributed by atoms with Gasteiger partial charge in [0.25, 0.3) is 0 Å². The fourth-order valence-corrected chi connectivity index (χ4v) is 2.36. The van der Waals surface area contributed by atoms with E-state index >= 15 is 0 Å². The molecule has 0 aliphatic heterocycles. The second-order valence-electron chi connectivity index (χ2n) is 6.72. The third-order valence-electron chi connectivity index (χ3n) is 3.61. The number of rotatable bonds is 8. The Kier molecular flexibility index (Phi) is 7.96. The maximum atomic E-state index is 12.2. The van der Waals surface area contributed by atoms with Gasteiger partial charge < -0.3 is 15.5 Å². The van der Waals surface area contributed by atoms with Crippen molar-refractivity contribution < 1.29 is 4.79 Å². The molecule has 0 aromatic heterocycles. The summed E-state index contributed by atoms with van der Waals surface area (Å²) >= 11 is 0. The monoisotopic (exact) mass is 305 g/mol. The summed E-state index contributed by atoms with van der Waals surface area (Å²) in [6, 6.07) is 10.2. The highest BCUT2D eigenvalue weighted by Gasteiger charge is 2.16. The van der Waals surface area contributed by atoms with Crippen LogP contribution in [0.3, 0.4) is 0 Å². The summed E-state index contributed by atoms with van der Waals surface area (Å²) in [4.78, 5) is 14.3. The molecule has 2 atom stereocenters. The van der Waals surface area contributed by atoms with Gasteiger partial charge in [0.05, 0.1) is 6.04 Å². The van der Waals surface area contributed by atoms with Crippen LogP contribution < -0.4 is 10.6 Å². The molecule has 4 nitrogen and oxygen atoms in total. The van der Waals surface area contributed by atoms with E-state index in [0.717, 1.165) is 24.9 Å². The highest BCUT2D eigenvalue weighted by atomic mass is 16.2. The third kappa shape index (κ3) is 7.46. The van der Waals surface area contributed by atoms with Gasteiger partial charge in [0.2, 0.25) is 0 Å². The molecule has 22 heavy (non-hydrogen) atoms. The van der Waals surface area contributed by atoms with Crippen molar-refractivity contribution in [2.45, 2.75) is 45.7 Å². The first-order chi connectivity index (χ1) is 10.4. The van der Waals surface area contributed by atoms with Gasteiger partial charge in [-0.2, -0.15) is 0 Å². The normalized spacial score (nSPS) is 14.0. The molecule has 2 N–H and O–H groups in total. The number of hydrogen-bond donors (Lipinski definition) is 2. The zero-order valence-corrected chi connectivity index (χ0v) is 14.6. The van der Waals surface area contributed by atoms with Gasteiger partial charge in [-0.3, -0.25) is 0 Å². The van der Waals surface area contributed by atoms with Crippen molar-refractivity contribution in [3.05, 3.63) is 35.9 Å². The predicted molar refractivity (Wildman–Crippen MR) is 92.9 cm³/mol. The van der Waals surface area contributed by atoms with E-state index in [9.17, 15) is 4.79 Å². The highest BCUT2D eigenvalue weighted by molar-refractivity contribution is 5.74. The molecule has 0 saturated heterocycles.